The molecule has 262 valence electrons. The highest BCUT2D eigenvalue weighted by molar-refractivity contribution is 5.56. The van der Waals surface area contributed by atoms with Gasteiger partial charge in [-0.05, 0) is 158 Å². The van der Waals surface area contributed by atoms with E-state index in [-0.39, 0.29) is 0 Å². The molecule has 2 nitrogen and oxygen atoms in total. The molecule has 8 aliphatic rings. The van der Waals surface area contributed by atoms with Gasteiger partial charge in [-0.25, -0.2) is 9.13 Å². The summed E-state index contributed by atoms with van der Waals surface area (Å²) in [6, 6.07) is 10.8. The van der Waals surface area contributed by atoms with Crippen LogP contribution < -0.4 is 4.57 Å². The third kappa shape index (κ3) is 5.26. The smallest absolute Gasteiger partial charge is 0.201 e. The van der Waals surface area contributed by atoms with Gasteiger partial charge in [0.25, 0.3) is 6.33 Å². The first-order valence-corrected chi connectivity index (χ1v) is 20.9. The van der Waals surface area contributed by atoms with Crippen molar-refractivity contribution in [1.29, 1.82) is 0 Å². The second kappa shape index (κ2) is 11.6. The van der Waals surface area contributed by atoms with E-state index in [1.165, 1.54) is 88.4 Å². The maximum atomic E-state index is 2.70. The van der Waals surface area contributed by atoms with Gasteiger partial charge in [0.05, 0.1) is 0 Å². The van der Waals surface area contributed by atoms with E-state index in [1.807, 2.05) is 0 Å². The molecule has 0 saturated heterocycles. The Morgan fingerprint density at radius 3 is 1.16 bits per heavy atom. The van der Waals surface area contributed by atoms with Gasteiger partial charge in [0.1, 0.15) is 23.8 Å². The summed E-state index contributed by atoms with van der Waals surface area (Å²) in [5.74, 6) is 7.75. The largest absolute Gasteiger partial charge is 0.254 e. The van der Waals surface area contributed by atoms with Crippen LogP contribution in [0.1, 0.15) is 189 Å². The fourth-order valence-corrected chi connectivity index (χ4v) is 13.9. The predicted molar refractivity (Wildman–Crippen MR) is 203 cm³/mol. The molecule has 0 aliphatic heterocycles. The molecule has 0 spiro atoms. The van der Waals surface area contributed by atoms with E-state index in [0.29, 0.717) is 34.5 Å². The monoisotopic (exact) mass is 658 g/mol. The number of benzene rings is 2. The fraction of sp³-hybridized carbons (Fsp3) is 0.681. The molecule has 1 heterocycles. The lowest BCUT2D eigenvalue weighted by molar-refractivity contribution is -0.596. The quantitative estimate of drug-likeness (QED) is 0.213. The van der Waals surface area contributed by atoms with E-state index >= 15 is 0 Å². The summed E-state index contributed by atoms with van der Waals surface area (Å²) >= 11 is 0. The Morgan fingerprint density at radius 1 is 0.510 bits per heavy atom. The van der Waals surface area contributed by atoms with Crippen LogP contribution in [0.3, 0.4) is 0 Å². The number of nitrogens with zero attached hydrogens (tertiary/aromatic N) is 2. The minimum atomic E-state index is 0.425. The van der Waals surface area contributed by atoms with Crippen molar-refractivity contribution in [3.8, 4) is 11.4 Å². The van der Waals surface area contributed by atoms with Crippen molar-refractivity contribution in [3.63, 3.8) is 0 Å². The molecule has 0 radical (unpaired) electrons. The van der Waals surface area contributed by atoms with Crippen molar-refractivity contribution >= 4 is 0 Å². The zero-order chi connectivity index (χ0) is 34.0. The Hall–Kier alpha value is -2.35. The molecule has 8 aliphatic carbocycles. The molecular formula is C47H65N2+. The highest BCUT2D eigenvalue weighted by Gasteiger charge is 2.53. The van der Waals surface area contributed by atoms with Crippen molar-refractivity contribution in [2.45, 2.75) is 167 Å². The Bertz CT molecular complexity index is 1490. The van der Waals surface area contributed by atoms with E-state index in [2.05, 4.69) is 108 Å². The zero-order valence-corrected chi connectivity index (χ0v) is 32.2. The lowest BCUT2D eigenvalue weighted by Crippen LogP contribution is -2.48. The van der Waals surface area contributed by atoms with Crippen LogP contribution in [-0.2, 0) is 10.8 Å². The molecule has 49 heavy (non-hydrogen) atoms. The molecule has 8 fully saturated rings. The lowest BCUT2D eigenvalue weighted by atomic mass is 9.48. The average Bonchev–Trinajstić information content (AvgIpc) is 3.52. The van der Waals surface area contributed by atoms with Crippen LogP contribution in [0.15, 0.2) is 43.0 Å². The second-order valence-corrected chi connectivity index (χ2v) is 20.2. The molecular weight excluding hydrogens is 593 g/mol. The molecule has 11 rings (SSSR count). The zero-order valence-electron chi connectivity index (χ0n) is 32.2. The summed E-state index contributed by atoms with van der Waals surface area (Å²) in [5.41, 5.74) is 13.3. The maximum absolute atomic E-state index is 2.70. The van der Waals surface area contributed by atoms with Gasteiger partial charge in [0.2, 0.25) is 0 Å². The standard InChI is InChI=1S/C47H65N2/c1-28(2)40-17-38(46-21-32-11-33(22-46)13-34(12-32)23-46)18-41(29(3)4)44(40)48-9-10-49(27-48)45-42(30(5)6)19-39(20-43(45)31(7)8)47-24-35-14-36(25-47)16-37(15-35)26-47/h9-10,17-20,27-37H,11-16,21-26H2,1-8H3/q+1. The minimum Gasteiger partial charge on any atom is -0.201 e. The van der Waals surface area contributed by atoms with Crippen molar-refractivity contribution in [1.82, 2.24) is 4.57 Å². The third-order valence-electron chi connectivity index (χ3n) is 15.3. The van der Waals surface area contributed by atoms with Gasteiger partial charge in [-0.1, -0.05) is 79.7 Å². The molecule has 8 bridgehead atoms. The fourth-order valence-electron chi connectivity index (χ4n) is 13.9. The van der Waals surface area contributed by atoms with Crippen molar-refractivity contribution < 1.29 is 4.57 Å². The Morgan fingerprint density at radius 2 is 0.837 bits per heavy atom. The maximum Gasteiger partial charge on any atom is 0.254 e. The van der Waals surface area contributed by atoms with Crippen molar-refractivity contribution in [2.24, 2.45) is 35.5 Å². The third-order valence-corrected chi connectivity index (χ3v) is 15.3. The minimum absolute atomic E-state index is 0.425. The summed E-state index contributed by atoms with van der Waals surface area (Å²) in [6.45, 7) is 19.5. The Balaban J connectivity index is 1.15. The van der Waals surface area contributed by atoms with Crippen LogP contribution >= 0.6 is 0 Å². The average molecular weight is 658 g/mol. The first-order chi connectivity index (χ1) is 23.4. The molecule has 0 amide bonds. The number of hydrogen-bond donors (Lipinski definition) is 0. The summed E-state index contributed by atoms with van der Waals surface area (Å²) in [5, 5.41) is 0. The summed E-state index contributed by atoms with van der Waals surface area (Å²) in [7, 11) is 0. The topological polar surface area (TPSA) is 8.81 Å². The number of aromatic nitrogens is 2. The van der Waals surface area contributed by atoms with E-state index in [1.54, 1.807) is 33.4 Å². The van der Waals surface area contributed by atoms with Crippen molar-refractivity contribution in [2.75, 3.05) is 0 Å². The predicted octanol–water partition coefficient (Wildman–Crippen LogP) is 12.2. The van der Waals surface area contributed by atoms with Gasteiger partial charge in [0, 0.05) is 22.3 Å². The van der Waals surface area contributed by atoms with Gasteiger partial charge < -0.3 is 0 Å². The lowest BCUT2D eigenvalue weighted by Gasteiger charge is -2.57. The van der Waals surface area contributed by atoms with Gasteiger partial charge in [-0.3, -0.25) is 0 Å². The molecule has 3 aromatic rings. The molecule has 2 aromatic carbocycles. The summed E-state index contributed by atoms with van der Waals surface area (Å²) in [6.07, 6.45) is 24.9. The molecule has 0 atom stereocenters. The van der Waals surface area contributed by atoms with Crippen LogP contribution in [-0.4, -0.2) is 4.57 Å². The highest BCUT2D eigenvalue weighted by Crippen LogP contribution is 2.62. The molecule has 0 unspecified atom stereocenters. The molecule has 0 N–H and O–H groups in total. The summed E-state index contributed by atoms with van der Waals surface area (Å²) < 4.78 is 5.02. The number of hydrogen-bond acceptors (Lipinski definition) is 0. The van der Waals surface area contributed by atoms with Crippen LogP contribution in [0.5, 0.6) is 0 Å². The summed E-state index contributed by atoms with van der Waals surface area (Å²) in [4.78, 5) is 0. The molecule has 2 heteroatoms. The van der Waals surface area contributed by atoms with Crippen LogP contribution in [0.2, 0.25) is 0 Å². The number of rotatable bonds is 8. The SMILES string of the molecule is CC(C)c1cc(C23CC4CC(CC(C4)C2)C3)cc(C(C)C)c1-n1cc[n+](-c2c(C(C)C)cc(C34CC5CC(CC(C5)C3)C4)cc2C(C)C)c1. The van der Waals surface area contributed by atoms with Gasteiger partial charge >= 0.3 is 0 Å². The first-order valence-electron chi connectivity index (χ1n) is 20.9. The second-order valence-electron chi connectivity index (χ2n) is 20.2. The van der Waals surface area contributed by atoms with E-state index in [0.717, 1.165) is 35.5 Å². The van der Waals surface area contributed by atoms with E-state index in [4.69, 9.17) is 0 Å². The van der Waals surface area contributed by atoms with Crippen LogP contribution in [0.25, 0.3) is 11.4 Å². The Kier molecular flexibility index (Phi) is 7.69. The van der Waals surface area contributed by atoms with Gasteiger partial charge in [-0.15, -0.1) is 0 Å². The van der Waals surface area contributed by atoms with E-state index in [9.17, 15) is 0 Å². The van der Waals surface area contributed by atoms with Crippen LogP contribution in [0, 0.1) is 35.5 Å². The molecule has 1 aromatic heterocycles. The highest BCUT2D eigenvalue weighted by atomic mass is 15.1. The molecule has 8 saturated carbocycles. The van der Waals surface area contributed by atoms with E-state index < -0.39 is 0 Å². The van der Waals surface area contributed by atoms with Gasteiger partial charge in [-0.2, -0.15) is 0 Å². The first kappa shape index (κ1) is 32.6. The van der Waals surface area contributed by atoms with Crippen LogP contribution in [0.4, 0.5) is 0 Å². The normalized spacial score (nSPS) is 34.4. The van der Waals surface area contributed by atoms with Crippen molar-refractivity contribution in [3.05, 3.63) is 76.4 Å². The number of imidazole rings is 1. The van der Waals surface area contributed by atoms with Gasteiger partial charge in [0.15, 0.2) is 0 Å². The Labute approximate surface area is 298 Å².